The quantitative estimate of drug-likeness (QED) is 0.887. The molecule has 5 nitrogen and oxygen atoms in total. The van der Waals surface area contributed by atoms with Crippen molar-refractivity contribution < 1.29 is 4.74 Å². The first-order valence-electron chi connectivity index (χ1n) is 6.48. The molecule has 0 saturated carbocycles. The van der Waals surface area contributed by atoms with Gasteiger partial charge in [0.2, 0.25) is 0 Å². The lowest BCUT2D eigenvalue weighted by Gasteiger charge is -2.20. The first-order chi connectivity index (χ1) is 9.69. The Balaban J connectivity index is 2.42. The molecule has 1 N–H and O–H groups in total. The average Bonchev–Trinajstić information content (AvgIpc) is 2.81. The van der Waals surface area contributed by atoms with Crippen LogP contribution in [0.1, 0.15) is 23.0 Å². The van der Waals surface area contributed by atoms with Crippen LogP contribution in [0.25, 0.3) is 0 Å². The summed E-state index contributed by atoms with van der Waals surface area (Å²) in [5.74, 6) is 0. The highest BCUT2D eigenvalue weighted by atomic mass is 35.5. The number of aromatic nitrogens is 3. The molecule has 0 saturated heterocycles. The fourth-order valence-corrected chi connectivity index (χ4v) is 2.51. The Bertz CT molecular complexity index is 570. The lowest BCUT2D eigenvalue weighted by atomic mass is 10.0. The molecular formula is C14H19ClN4O. The van der Waals surface area contributed by atoms with Crippen molar-refractivity contribution in [2.45, 2.75) is 19.5 Å². The highest BCUT2D eigenvalue weighted by Crippen LogP contribution is 2.29. The normalized spacial score (nSPS) is 12.6. The van der Waals surface area contributed by atoms with Gasteiger partial charge in [0.05, 0.1) is 36.1 Å². The molecule has 0 radical (unpaired) electrons. The third-order valence-electron chi connectivity index (χ3n) is 3.26. The average molecular weight is 295 g/mol. The van der Waals surface area contributed by atoms with Crippen molar-refractivity contribution in [2.75, 3.05) is 20.8 Å². The molecule has 20 heavy (non-hydrogen) atoms. The Labute approximate surface area is 123 Å². The first kappa shape index (κ1) is 15.0. The zero-order valence-electron chi connectivity index (χ0n) is 11.9. The monoisotopic (exact) mass is 294 g/mol. The molecule has 0 aliphatic carbocycles. The summed E-state index contributed by atoms with van der Waals surface area (Å²) in [4.78, 5) is 4.34. The second-order valence-electron chi connectivity index (χ2n) is 4.49. The molecule has 1 atom stereocenters. The fraction of sp³-hybridized carbons (Fsp3) is 0.429. The minimum absolute atomic E-state index is 0.0458. The molecule has 0 bridgehead atoms. The SMILES string of the molecule is CNC(c1cccnc1C)c1c(Cl)cnn1CCOC. The fourth-order valence-electron chi connectivity index (χ4n) is 2.26. The van der Waals surface area contributed by atoms with Gasteiger partial charge in [-0.25, -0.2) is 0 Å². The highest BCUT2D eigenvalue weighted by molar-refractivity contribution is 6.31. The van der Waals surface area contributed by atoms with E-state index in [2.05, 4.69) is 15.4 Å². The lowest BCUT2D eigenvalue weighted by molar-refractivity contribution is 0.182. The number of nitrogens with zero attached hydrogens (tertiary/aromatic N) is 3. The Morgan fingerprint density at radius 2 is 2.30 bits per heavy atom. The van der Waals surface area contributed by atoms with Gasteiger partial charge in [-0.05, 0) is 25.6 Å². The molecule has 2 aromatic heterocycles. The largest absolute Gasteiger partial charge is 0.383 e. The van der Waals surface area contributed by atoms with Crippen LogP contribution in [0.4, 0.5) is 0 Å². The molecule has 2 aromatic rings. The van der Waals surface area contributed by atoms with E-state index in [4.69, 9.17) is 16.3 Å². The molecule has 2 rings (SSSR count). The number of nitrogens with one attached hydrogen (secondary N) is 1. The van der Waals surface area contributed by atoms with E-state index in [0.717, 1.165) is 17.0 Å². The summed E-state index contributed by atoms with van der Waals surface area (Å²) < 4.78 is 6.99. The van der Waals surface area contributed by atoms with Gasteiger partial charge in [-0.2, -0.15) is 5.10 Å². The highest BCUT2D eigenvalue weighted by Gasteiger charge is 2.22. The maximum absolute atomic E-state index is 6.32. The van der Waals surface area contributed by atoms with E-state index in [9.17, 15) is 0 Å². The minimum atomic E-state index is -0.0458. The smallest absolute Gasteiger partial charge is 0.0837 e. The van der Waals surface area contributed by atoms with E-state index in [1.165, 1.54) is 0 Å². The molecule has 0 aliphatic rings. The summed E-state index contributed by atoms with van der Waals surface area (Å²) in [7, 11) is 3.58. The molecular weight excluding hydrogens is 276 g/mol. The summed E-state index contributed by atoms with van der Waals surface area (Å²) in [6.07, 6.45) is 3.46. The molecule has 6 heteroatoms. The van der Waals surface area contributed by atoms with Crippen molar-refractivity contribution in [2.24, 2.45) is 0 Å². The maximum atomic E-state index is 6.32. The number of rotatable bonds is 6. The van der Waals surface area contributed by atoms with E-state index in [0.29, 0.717) is 18.2 Å². The van der Waals surface area contributed by atoms with Crippen molar-refractivity contribution in [1.29, 1.82) is 0 Å². The van der Waals surface area contributed by atoms with Crippen LogP contribution in [0, 0.1) is 6.92 Å². The van der Waals surface area contributed by atoms with Crippen LogP contribution in [0.3, 0.4) is 0 Å². The predicted octanol–water partition coefficient (Wildman–Crippen LogP) is 2.20. The van der Waals surface area contributed by atoms with Crippen LogP contribution in [-0.2, 0) is 11.3 Å². The predicted molar refractivity (Wildman–Crippen MR) is 79.0 cm³/mol. The van der Waals surface area contributed by atoms with Gasteiger partial charge < -0.3 is 10.1 Å². The van der Waals surface area contributed by atoms with Crippen molar-refractivity contribution in [3.05, 3.63) is 46.5 Å². The standard InChI is InChI=1S/C14H19ClN4O/c1-10-11(5-4-6-17-10)13(16-2)14-12(15)9-18-19(14)7-8-20-3/h4-6,9,13,16H,7-8H2,1-3H3. The second kappa shape index (κ2) is 6.83. The summed E-state index contributed by atoms with van der Waals surface area (Å²) in [6, 6.07) is 3.93. The molecule has 0 fully saturated rings. The number of ether oxygens (including phenoxy) is 1. The van der Waals surface area contributed by atoms with E-state index in [1.807, 2.05) is 30.8 Å². The number of pyridine rings is 1. The third-order valence-corrected chi connectivity index (χ3v) is 3.55. The summed E-state index contributed by atoms with van der Waals surface area (Å²) in [5, 5.41) is 8.26. The summed E-state index contributed by atoms with van der Waals surface area (Å²) in [6.45, 7) is 3.24. The third kappa shape index (κ3) is 3.00. The molecule has 2 heterocycles. The second-order valence-corrected chi connectivity index (χ2v) is 4.90. The van der Waals surface area contributed by atoms with E-state index in [-0.39, 0.29) is 6.04 Å². The Morgan fingerprint density at radius 3 is 2.95 bits per heavy atom. The van der Waals surface area contributed by atoms with Gasteiger partial charge >= 0.3 is 0 Å². The van der Waals surface area contributed by atoms with Crippen LogP contribution in [0.2, 0.25) is 5.02 Å². The minimum Gasteiger partial charge on any atom is -0.383 e. The van der Waals surface area contributed by atoms with Gasteiger partial charge in [-0.3, -0.25) is 9.67 Å². The Morgan fingerprint density at radius 1 is 1.50 bits per heavy atom. The van der Waals surface area contributed by atoms with Crippen molar-refractivity contribution in [3.8, 4) is 0 Å². The number of halogens is 1. The zero-order valence-corrected chi connectivity index (χ0v) is 12.7. The number of hydrogen-bond acceptors (Lipinski definition) is 4. The Kier molecular flexibility index (Phi) is 5.11. The van der Waals surface area contributed by atoms with Crippen LogP contribution in [-0.4, -0.2) is 35.5 Å². The summed E-state index contributed by atoms with van der Waals surface area (Å²) >= 11 is 6.32. The molecule has 0 spiro atoms. The first-order valence-corrected chi connectivity index (χ1v) is 6.85. The van der Waals surface area contributed by atoms with Crippen LogP contribution in [0.15, 0.2) is 24.5 Å². The van der Waals surface area contributed by atoms with Gasteiger partial charge in [0.25, 0.3) is 0 Å². The van der Waals surface area contributed by atoms with Gasteiger partial charge in [0.1, 0.15) is 0 Å². The molecule has 0 aromatic carbocycles. The van der Waals surface area contributed by atoms with Crippen LogP contribution < -0.4 is 5.32 Å². The van der Waals surface area contributed by atoms with Crippen LogP contribution in [0.5, 0.6) is 0 Å². The van der Waals surface area contributed by atoms with Gasteiger partial charge in [-0.15, -0.1) is 0 Å². The molecule has 0 amide bonds. The van der Waals surface area contributed by atoms with Crippen molar-refractivity contribution >= 4 is 11.6 Å². The molecule has 108 valence electrons. The number of aryl methyl sites for hydroxylation is 1. The maximum Gasteiger partial charge on any atom is 0.0837 e. The van der Waals surface area contributed by atoms with Crippen molar-refractivity contribution in [1.82, 2.24) is 20.1 Å². The number of methoxy groups -OCH3 is 1. The lowest BCUT2D eigenvalue weighted by Crippen LogP contribution is -2.24. The van der Waals surface area contributed by atoms with Crippen LogP contribution >= 0.6 is 11.6 Å². The topological polar surface area (TPSA) is 52.0 Å². The summed E-state index contributed by atoms with van der Waals surface area (Å²) in [5.41, 5.74) is 3.00. The zero-order chi connectivity index (χ0) is 14.5. The van der Waals surface area contributed by atoms with Gasteiger partial charge in [0, 0.05) is 19.0 Å². The van der Waals surface area contributed by atoms with E-state index >= 15 is 0 Å². The number of hydrogen-bond donors (Lipinski definition) is 1. The van der Waals surface area contributed by atoms with E-state index < -0.39 is 0 Å². The van der Waals surface area contributed by atoms with Gasteiger partial charge in [-0.1, -0.05) is 17.7 Å². The Hall–Kier alpha value is -1.43. The van der Waals surface area contributed by atoms with E-state index in [1.54, 1.807) is 19.5 Å². The van der Waals surface area contributed by atoms with Gasteiger partial charge in [0.15, 0.2) is 0 Å². The van der Waals surface area contributed by atoms with Crippen molar-refractivity contribution in [3.63, 3.8) is 0 Å². The molecule has 0 aliphatic heterocycles. The molecule has 1 unspecified atom stereocenters.